The van der Waals surface area contributed by atoms with Gasteiger partial charge in [-0.2, -0.15) is 13.2 Å². The Morgan fingerprint density at radius 3 is 2.64 bits per heavy atom. The Morgan fingerprint density at radius 1 is 1.00 bits per heavy atom. The number of hydrogen-bond acceptors (Lipinski definition) is 4. The quantitative estimate of drug-likeness (QED) is 0.531. The summed E-state index contributed by atoms with van der Waals surface area (Å²) in [5.41, 5.74) is -0.175. The number of carbonyl (C=O) groups is 1. The SMILES string of the molecule is O=C(Nc1ccc2ncccc2c1)c1ncoc1-c1ccccc1C(F)(F)F. The van der Waals surface area contributed by atoms with Crippen molar-refractivity contribution in [2.75, 3.05) is 5.32 Å². The predicted octanol–water partition coefficient (Wildman–Crippen LogP) is 5.16. The van der Waals surface area contributed by atoms with Crippen LogP contribution in [0.1, 0.15) is 16.1 Å². The van der Waals surface area contributed by atoms with E-state index < -0.39 is 17.6 Å². The topological polar surface area (TPSA) is 68.0 Å². The molecule has 0 bridgehead atoms. The zero-order chi connectivity index (χ0) is 19.7. The highest BCUT2D eigenvalue weighted by atomic mass is 19.4. The Hall–Kier alpha value is -3.68. The molecule has 0 radical (unpaired) electrons. The number of benzene rings is 2. The number of nitrogens with zero attached hydrogens (tertiary/aromatic N) is 2. The third-order valence-corrected chi connectivity index (χ3v) is 4.12. The monoisotopic (exact) mass is 383 g/mol. The van der Waals surface area contributed by atoms with Gasteiger partial charge in [0, 0.05) is 22.8 Å². The lowest BCUT2D eigenvalue weighted by Gasteiger charge is -2.11. The smallest absolute Gasteiger partial charge is 0.417 e. The van der Waals surface area contributed by atoms with Crippen LogP contribution in [0.5, 0.6) is 0 Å². The first kappa shape index (κ1) is 17.7. The third kappa shape index (κ3) is 3.32. The van der Waals surface area contributed by atoms with Crippen molar-refractivity contribution in [1.29, 1.82) is 0 Å². The van der Waals surface area contributed by atoms with Gasteiger partial charge in [-0.15, -0.1) is 0 Å². The van der Waals surface area contributed by atoms with Crippen LogP contribution in [0.25, 0.3) is 22.2 Å². The standard InChI is InChI=1S/C20H12F3N3O2/c21-20(22,23)15-6-2-1-5-14(15)18-17(25-11-28-18)19(27)26-13-7-8-16-12(10-13)4-3-9-24-16/h1-11H,(H,26,27). The maximum Gasteiger partial charge on any atom is 0.417 e. The molecule has 4 aromatic rings. The molecule has 5 nitrogen and oxygen atoms in total. The van der Waals surface area contributed by atoms with E-state index in [1.165, 1.54) is 18.2 Å². The molecule has 0 saturated carbocycles. The molecule has 1 amide bonds. The number of fused-ring (bicyclic) bond motifs is 1. The van der Waals surface area contributed by atoms with Gasteiger partial charge in [0.15, 0.2) is 17.8 Å². The molecule has 0 fully saturated rings. The van der Waals surface area contributed by atoms with Crippen LogP contribution in [0, 0.1) is 0 Å². The van der Waals surface area contributed by atoms with Crippen molar-refractivity contribution in [3.05, 3.63) is 78.4 Å². The van der Waals surface area contributed by atoms with Crippen LogP contribution in [0.3, 0.4) is 0 Å². The van der Waals surface area contributed by atoms with Crippen molar-refractivity contribution >= 4 is 22.5 Å². The molecule has 4 rings (SSSR count). The van der Waals surface area contributed by atoms with Crippen LogP contribution in [0.4, 0.5) is 18.9 Å². The van der Waals surface area contributed by atoms with Crippen molar-refractivity contribution in [2.45, 2.75) is 6.18 Å². The van der Waals surface area contributed by atoms with Gasteiger partial charge in [-0.1, -0.05) is 24.3 Å². The Morgan fingerprint density at radius 2 is 1.82 bits per heavy atom. The molecule has 0 unspecified atom stereocenters. The Kier molecular flexibility index (Phi) is 4.31. The summed E-state index contributed by atoms with van der Waals surface area (Å²) in [7, 11) is 0. The zero-order valence-electron chi connectivity index (χ0n) is 14.2. The molecule has 28 heavy (non-hydrogen) atoms. The van der Waals surface area contributed by atoms with Crippen molar-refractivity contribution in [3.63, 3.8) is 0 Å². The lowest BCUT2D eigenvalue weighted by Crippen LogP contribution is -2.14. The Labute approximate surface area is 156 Å². The summed E-state index contributed by atoms with van der Waals surface area (Å²) < 4.78 is 45.0. The second kappa shape index (κ2) is 6.80. The number of hydrogen-bond donors (Lipinski definition) is 1. The van der Waals surface area contributed by atoms with Crippen LogP contribution < -0.4 is 5.32 Å². The van der Waals surface area contributed by atoms with Gasteiger partial charge in [0.05, 0.1) is 11.1 Å². The molecule has 0 saturated heterocycles. The van der Waals surface area contributed by atoms with Crippen molar-refractivity contribution in [2.24, 2.45) is 0 Å². The van der Waals surface area contributed by atoms with Crippen molar-refractivity contribution in [1.82, 2.24) is 9.97 Å². The number of amides is 1. The van der Waals surface area contributed by atoms with Gasteiger partial charge >= 0.3 is 6.18 Å². The number of anilines is 1. The highest BCUT2D eigenvalue weighted by molar-refractivity contribution is 6.07. The van der Waals surface area contributed by atoms with E-state index in [1.54, 1.807) is 30.5 Å². The van der Waals surface area contributed by atoms with Gasteiger partial charge in [-0.3, -0.25) is 9.78 Å². The average Bonchev–Trinajstić information content (AvgIpc) is 3.17. The Balaban J connectivity index is 1.68. The van der Waals surface area contributed by atoms with Gasteiger partial charge in [0.2, 0.25) is 0 Å². The highest BCUT2D eigenvalue weighted by Crippen LogP contribution is 2.38. The molecule has 0 aliphatic carbocycles. The first-order chi connectivity index (χ1) is 13.4. The lowest BCUT2D eigenvalue weighted by molar-refractivity contribution is -0.137. The van der Waals surface area contributed by atoms with E-state index in [9.17, 15) is 18.0 Å². The maximum absolute atomic E-state index is 13.3. The van der Waals surface area contributed by atoms with E-state index in [-0.39, 0.29) is 17.0 Å². The van der Waals surface area contributed by atoms with Crippen molar-refractivity contribution in [3.8, 4) is 11.3 Å². The predicted molar refractivity (Wildman–Crippen MR) is 96.6 cm³/mol. The number of nitrogens with one attached hydrogen (secondary N) is 1. The molecule has 2 aromatic carbocycles. The fourth-order valence-electron chi connectivity index (χ4n) is 2.87. The second-order valence-electron chi connectivity index (χ2n) is 5.94. The Bertz CT molecular complexity index is 1170. The van der Waals surface area contributed by atoms with E-state index in [0.717, 1.165) is 23.4 Å². The third-order valence-electron chi connectivity index (χ3n) is 4.12. The van der Waals surface area contributed by atoms with E-state index in [4.69, 9.17) is 4.42 Å². The van der Waals surface area contributed by atoms with Gasteiger partial charge in [-0.25, -0.2) is 4.98 Å². The average molecular weight is 383 g/mol. The van der Waals surface area contributed by atoms with Crippen LogP contribution in [-0.4, -0.2) is 15.9 Å². The summed E-state index contributed by atoms with van der Waals surface area (Å²) in [4.78, 5) is 20.6. The van der Waals surface area contributed by atoms with Crippen LogP contribution in [0.2, 0.25) is 0 Å². The van der Waals surface area contributed by atoms with E-state index >= 15 is 0 Å². The normalized spacial score (nSPS) is 11.5. The maximum atomic E-state index is 13.3. The summed E-state index contributed by atoms with van der Waals surface area (Å²) in [5, 5.41) is 3.44. The van der Waals surface area contributed by atoms with Gasteiger partial charge in [0.1, 0.15) is 0 Å². The van der Waals surface area contributed by atoms with E-state index in [1.807, 2.05) is 6.07 Å². The van der Waals surface area contributed by atoms with Gasteiger partial charge < -0.3 is 9.73 Å². The number of carbonyl (C=O) groups excluding carboxylic acids is 1. The number of alkyl halides is 3. The van der Waals surface area contributed by atoms with Gasteiger partial charge in [-0.05, 0) is 30.3 Å². The molecule has 0 aliphatic heterocycles. The number of oxazole rings is 1. The molecule has 8 heteroatoms. The van der Waals surface area contributed by atoms with E-state index in [2.05, 4.69) is 15.3 Å². The minimum atomic E-state index is -4.59. The summed E-state index contributed by atoms with van der Waals surface area (Å²) in [5.74, 6) is -0.920. The molecule has 0 spiro atoms. The molecule has 1 N–H and O–H groups in total. The van der Waals surface area contributed by atoms with Crippen molar-refractivity contribution < 1.29 is 22.4 Å². The zero-order valence-corrected chi connectivity index (χ0v) is 14.2. The summed E-state index contributed by atoms with van der Waals surface area (Å²) in [6, 6.07) is 13.6. The van der Waals surface area contributed by atoms with Crippen LogP contribution in [0.15, 0.2) is 71.6 Å². The molecule has 0 atom stereocenters. The van der Waals surface area contributed by atoms with Crippen LogP contribution >= 0.6 is 0 Å². The van der Waals surface area contributed by atoms with Crippen LogP contribution in [-0.2, 0) is 6.18 Å². The molecular weight excluding hydrogens is 371 g/mol. The number of aromatic nitrogens is 2. The number of pyridine rings is 1. The minimum Gasteiger partial charge on any atom is -0.443 e. The summed E-state index contributed by atoms with van der Waals surface area (Å²) >= 11 is 0. The molecule has 0 aliphatic rings. The highest BCUT2D eigenvalue weighted by Gasteiger charge is 2.35. The number of halogens is 3. The largest absolute Gasteiger partial charge is 0.443 e. The fraction of sp³-hybridized carbons (Fsp3) is 0.0500. The number of rotatable bonds is 3. The summed E-state index contributed by atoms with van der Waals surface area (Å²) in [6.45, 7) is 0. The minimum absolute atomic E-state index is 0.233. The lowest BCUT2D eigenvalue weighted by atomic mass is 10.0. The second-order valence-corrected chi connectivity index (χ2v) is 5.94. The first-order valence-corrected chi connectivity index (χ1v) is 8.20. The summed E-state index contributed by atoms with van der Waals surface area (Å²) in [6.07, 6.45) is -2.00. The molecule has 140 valence electrons. The molecule has 2 aromatic heterocycles. The van der Waals surface area contributed by atoms with Gasteiger partial charge in [0.25, 0.3) is 5.91 Å². The van der Waals surface area contributed by atoms with E-state index in [0.29, 0.717) is 5.69 Å². The first-order valence-electron chi connectivity index (χ1n) is 8.20. The molecule has 2 heterocycles. The molecular formula is C20H12F3N3O2. The fourth-order valence-corrected chi connectivity index (χ4v) is 2.87.